The Balaban J connectivity index is 2.92. The molecule has 0 radical (unpaired) electrons. The zero-order valence-electron chi connectivity index (χ0n) is 7.84. The Morgan fingerprint density at radius 1 is 1.38 bits per heavy atom. The van der Waals surface area contributed by atoms with Crippen molar-refractivity contribution in [1.82, 2.24) is 0 Å². The number of carbonyl (C=O) groups is 1. The smallest absolute Gasteiger partial charge is 0.150 e. The Hall–Kier alpha value is -0.0300. The number of aldehydes is 1. The molecule has 16 heavy (non-hydrogen) atoms. The number of benzene rings is 1. The fourth-order valence-corrected chi connectivity index (χ4v) is 2.53. The Bertz CT molecular complexity index is 410. The molecule has 0 bridgehead atoms. The van der Waals surface area contributed by atoms with Crippen molar-refractivity contribution in [2.24, 2.45) is 0 Å². The van der Waals surface area contributed by atoms with E-state index in [0.29, 0.717) is 25.3 Å². The van der Waals surface area contributed by atoms with Gasteiger partial charge >= 0.3 is 0 Å². The molecule has 0 fully saturated rings. The summed E-state index contributed by atoms with van der Waals surface area (Å²) in [6, 6.07) is 3.32. The number of halogens is 4. The highest BCUT2D eigenvalue weighted by Gasteiger charge is 2.09. The van der Waals surface area contributed by atoms with Crippen molar-refractivity contribution in [3.63, 3.8) is 0 Å². The van der Waals surface area contributed by atoms with Crippen LogP contribution >= 0.6 is 55.1 Å². The maximum Gasteiger partial charge on any atom is 0.150 e. The molecule has 0 heterocycles. The molecule has 2 nitrogen and oxygen atoms in total. The predicted molar refractivity (Wildman–Crippen MR) is 72.5 cm³/mol. The van der Waals surface area contributed by atoms with E-state index >= 15 is 0 Å². The summed E-state index contributed by atoms with van der Waals surface area (Å²) in [6.45, 7) is 0.169. The average molecular weight is 389 g/mol. The number of hydrogen-bond donors (Lipinski definition) is 0. The van der Waals surface area contributed by atoms with Gasteiger partial charge < -0.3 is 4.74 Å². The molecule has 6 heteroatoms. The lowest BCUT2D eigenvalue weighted by molar-refractivity contribution is 0.112. The van der Waals surface area contributed by atoms with Gasteiger partial charge in [0.15, 0.2) is 0 Å². The van der Waals surface area contributed by atoms with Crippen molar-refractivity contribution in [1.29, 1.82) is 0 Å². The van der Waals surface area contributed by atoms with Gasteiger partial charge in [0.25, 0.3) is 0 Å². The standard InChI is InChI=1S/C10H6Br2Cl2O2/c11-8-1-6(4-15)2-9(12)10(8)16-5-7(14)3-13/h1-4H,5H2/b7-3+. The molecule has 0 unspecified atom stereocenters. The van der Waals surface area contributed by atoms with Gasteiger partial charge in [0.05, 0.1) is 14.0 Å². The molecular weight excluding hydrogens is 383 g/mol. The normalized spacial score (nSPS) is 11.4. The molecule has 0 saturated carbocycles. The van der Waals surface area contributed by atoms with Crippen LogP contribution in [0, 0.1) is 0 Å². The Kier molecular flexibility index (Phi) is 5.83. The van der Waals surface area contributed by atoms with E-state index < -0.39 is 0 Å². The van der Waals surface area contributed by atoms with Crippen LogP contribution in [0.3, 0.4) is 0 Å². The quantitative estimate of drug-likeness (QED) is 0.697. The van der Waals surface area contributed by atoms with Gasteiger partial charge in [-0.2, -0.15) is 0 Å². The highest BCUT2D eigenvalue weighted by atomic mass is 79.9. The Morgan fingerprint density at radius 2 is 1.94 bits per heavy atom. The third-order valence-electron chi connectivity index (χ3n) is 1.63. The molecule has 0 aromatic heterocycles. The zero-order chi connectivity index (χ0) is 12.1. The highest BCUT2D eigenvalue weighted by molar-refractivity contribution is 9.11. The van der Waals surface area contributed by atoms with Crippen LogP contribution in [0.25, 0.3) is 0 Å². The van der Waals surface area contributed by atoms with Gasteiger partial charge in [-0.1, -0.05) is 23.2 Å². The highest BCUT2D eigenvalue weighted by Crippen LogP contribution is 2.34. The largest absolute Gasteiger partial charge is 0.486 e. The minimum Gasteiger partial charge on any atom is -0.486 e. The van der Waals surface area contributed by atoms with Gasteiger partial charge in [-0.3, -0.25) is 4.79 Å². The van der Waals surface area contributed by atoms with Gasteiger partial charge in [-0.05, 0) is 44.0 Å². The molecule has 1 rings (SSSR count). The summed E-state index contributed by atoms with van der Waals surface area (Å²) in [5, 5.41) is 0.389. The number of rotatable bonds is 4. The average Bonchev–Trinajstić information content (AvgIpc) is 2.27. The third kappa shape index (κ3) is 3.77. The molecular formula is C10H6Br2Cl2O2. The van der Waals surface area contributed by atoms with E-state index in [-0.39, 0.29) is 6.61 Å². The molecule has 86 valence electrons. The van der Waals surface area contributed by atoms with Crippen LogP contribution in [-0.2, 0) is 0 Å². The lowest BCUT2D eigenvalue weighted by Crippen LogP contribution is -1.99. The number of ether oxygens (including phenoxy) is 1. The molecule has 0 aliphatic carbocycles. The van der Waals surface area contributed by atoms with Gasteiger partial charge in [0.1, 0.15) is 18.6 Å². The summed E-state index contributed by atoms with van der Waals surface area (Å²) in [6.07, 6.45) is 0.755. The second-order valence-electron chi connectivity index (χ2n) is 2.78. The number of carbonyl (C=O) groups excluding carboxylic acids is 1. The van der Waals surface area contributed by atoms with E-state index in [0.717, 1.165) is 6.29 Å². The summed E-state index contributed by atoms with van der Waals surface area (Å²) in [5.74, 6) is 0.572. The van der Waals surface area contributed by atoms with Crippen molar-refractivity contribution in [3.05, 3.63) is 37.2 Å². The van der Waals surface area contributed by atoms with Gasteiger partial charge in [0.2, 0.25) is 0 Å². The summed E-state index contributed by atoms with van der Waals surface area (Å²) >= 11 is 17.7. The molecule has 0 aliphatic heterocycles. The first-order chi connectivity index (χ1) is 7.58. The van der Waals surface area contributed by atoms with E-state index in [2.05, 4.69) is 31.9 Å². The maximum absolute atomic E-state index is 10.6. The monoisotopic (exact) mass is 386 g/mol. The lowest BCUT2D eigenvalue weighted by Gasteiger charge is -2.10. The molecule has 0 N–H and O–H groups in total. The summed E-state index contributed by atoms with van der Waals surface area (Å²) < 4.78 is 6.76. The van der Waals surface area contributed by atoms with Crippen molar-refractivity contribution in [3.8, 4) is 5.75 Å². The van der Waals surface area contributed by atoms with Crippen molar-refractivity contribution in [2.45, 2.75) is 0 Å². The molecule has 0 spiro atoms. The minimum absolute atomic E-state index is 0.169. The second-order valence-corrected chi connectivity index (χ2v) is 5.19. The van der Waals surface area contributed by atoms with Gasteiger partial charge in [-0.15, -0.1) is 0 Å². The lowest BCUT2D eigenvalue weighted by atomic mass is 10.2. The maximum atomic E-state index is 10.6. The van der Waals surface area contributed by atoms with Crippen LogP contribution in [0.1, 0.15) is 10.4 Å². The topological polar surface area (TPSA) is 26.3 Å². The van der Waals surface area contributed by atoms with Crippen LogP contribution < -0.4 is 4.74 Å². The fraction of sp³-hybridized carbons (Fsp3) is 0.100. The van der Waals surface area contributed by atoms with E-state index in [1.807, 2.05) is 0 Å². The van der Waals surface area contributed by atoms with Crippen LogP contribution in [0.2, 0.25) is 0 Å². The predicted octanol–water partition coefficient (Wildman–Crippen LogP) is 4.72. The summed E-state index contributed by atoms with van der Waals surface area (Å²) in [4.78, 5) is 10.6. The molecule has 0 saturated heterocycles. The van der Waals surface area contributed by atoms with Crippen molar-refractivity contribution >= 4 is 61.3 Å². The molecule has 1 aromatic rings. The zero-order valence-corrected chi connectivity index (χ0v) is 12.5. The first-order valence-corrected chi connectivity index (χ1v) is 6.50. The first kappa shape index (κ1) is 14.0. The molecule has 1 aromatic carbocycles. The summed E-state index contributed by atoms with van der Waals surface area (Å²) in [5.41, 5.74) is 1.79. The van der Waals surface area contributed by atoms with Crippen molar-refractivity contribution in [2.75, 3.05) is 6.61 Å². The first-order valence-electron chi connectivity index (χ1n) is 4.10. The van der Waals surface area contributed by atoms with Gasteiger partial charge in [0, 0.05) is 11.1 Å². The van der Waals surface area contributed by atoms with Crippen LogP contribution in [0.5, 0.6) is 5.75 Å². The number of hydrogen-bond acceptors (Lipinski definition) is 2. The Morgan fingerprint density at radius 3 is 2.38 bits per heavy atom. The second kappa shape index (κ2) is 6.64. The van der Waals surface area contributed by atoms with Gasteiger partial charge in [-0.25, -0.2) is 0 Å². The SMILES string of the molecule is O=Cc1cc(Br)c(OC/C(Cl)=C\Cl)c(Br)c1. The van der Waals surface area contributed by atoms with Crippen LogP contribution in [0.4, 0.5) is 0 Å². The molecule has 0 aliphatic rings. The van der Waals surface area contributed by atoms with E-state index in [1.165, 1.54) is 5.54 Å². The van der Waals surface area contributed by atoms with Crippen LogP contribution in [-0.4, -0.2) is 12.9 Å². The minimum atomic E-state index is 0.169. The molecule has 0 atom stereocenters. The van der Waals surface area contributed by atoms with Crippen LogP contribution in [0.15, 0.2) is 31.6 Å². The Labute approximate surface area is 120 Å². The van der Waals surface area contributed by atoms with E-state index in [9.17, 15) is 4.79 Å². The summed E-state index contributed by atoms with van der Waals surface area (Å²) in [7, 11) is 0. The van der Waals surface area contributed by atoms with E-state index in [1.54, 1.807) is 12.1 Å². The third-order valence-corrected chi connectivity index (χ3v) is 3.40. The molecule has 0 amide bonds. The fourth-order valence-electron chi connectivity index (χ4n) is 0.958. The van der Waals surface area contributed by atoms with E-state index in [4.69, 9.17) is 27.9 Å². The van der Waals surface area contributed by atoms with Crippen molar-refractivity contribution < 1.29 is 9.53 Å².